The third-order valence-electron chi connectivity index (χ3n) is 3.06. The summed E-state index contributed by atoms with van der Waals surface area (Å²) in [6.07, 6.45) is 6.93. The Labute approximate surface area is 112 Å². The van der Waals surface area contributed by atoms with Gasteiger partial charge in [0.25, 0.3) is 0 Å². The van der Waals surface area contributed by atoms with Crippen LogP contribution in [0.4, 0.5) is 11.4 Å². The molecule has 2 atom stereocenters. The quantitative estimate of drug-likeness (QED) is 0.881. The molecule has 5 heteroatoms. The predicted octanol–water partition coefficient (Wildman–Crippen LogP) is 3.40. The molecular formula is C12H18ClN3S. The van der Waals surface area contributed by atoms with Crippen molar-refractivity contribution in [2.75, 3.05) is 16.8 Å². The van der Waals surface area contributed by atoms with Crippen molar-refractivity contribution >= 4 is 34.7 Å². The first-order valence-electron chi connectivity index (χ1n) is 5.97. The second-order valence-corrected chi connectivity index (χ2v) is 6.30. The van der Waals surface area contributed by atoms with E-state index >= 15 is 0 Å². The van der Waals surface area contributed by atoms with Crippen LogP contribution in [-0.2, 0) is 0 Å². The molecule has 1 aliphatic carbocycles. The zero-order valence-corrected chi connectivity index (χ0v) is 11.5. The Balaban J connectivity index is 1.98. The van der Waals surface area contributed by atoms with Crippen molar-refractivity contribution in [3.8, 4) is 0 Å². The first kappa shape index (κ1) is 12.8. The summed E-state index contributed by atoms with van der Waals surface area (Å²) in [6.45, 7) is 2.21. The number of thioether (sulfide) groups is 1. The van der Waals surface area contributed by atoms with Gasteiger partial charge in [-0.15, -0.1) is 0 Å². The van der Waals surface area contributed by atoms with E-state index in [1.54, 1.807) is 12.4 Å². The van der Waals surface area contributed by atoms with Gasteiger partial charge in [0.1, 0.15) is 0 Å². The second kappa shape index (κ2) is 5.83. The number of nitrogens with two attached hydrogens (primary N) is 1. The minimum absolute atomic E-state index is 0.487. The maximum Gasteiger partial charge on any atom is 0.0841 e. The number of hydrogen-bond donors (Lipinski definition) is 2. The summed E-state index contributed by atoms with van der Waals surface area (Å²) >= 11 is 8.14. The summed E-state index contributed by atoms with van der Waals surface area (Å²) in [6, 6.07) is 0.487. The minimum Gasteiger partial charge on any atom is -0.396 e. The maximum absolute atomic E-state index is 6.10. The molecule has 0 aliphatic heterocycles. The topological polar surface area (TPSA) is 50.9 Å². The lowest BCUT2D eigenvalue weighted by molar-refractivity contribution is 0.757. The number of nitrogens with zero attached hydrogens (tertiary/aromatic N) is 1. The van der Waals surface area contributed by atoms with Gasteiger partial charge < -0.3 is 11.1 Å². The van der Waals surface area contributed by atoms with Gasteiger partial charge in [-0.05, 0) is 25.0 Å². The van der Waals surface area contributed by atoms with Crippen LogP contribution in [0, 0.1) is 0 Å². The monoisotopic (exact) mass is 271 g/mol. The summed E-state index contributed by atoms with van der Waals surface area (Å²) < 4.78 is 0. The fourth-order valence-electron chi connectivity index (χ4n) is 2.26. The largest absolute Gasteiger partial charge is 0.396 e. The lowest BCUT2D eigenvalue weighted by Gasteiger charge is -2.17. The molecule has 2 unspecified atom stereocenters. The van der Waals surface area contributed by atoms with Crippen LogP contribution in [0.5, 0.6) is 0 Å². The number of rotatable bonds is 4. The van der Waals surface area contributed by atoms with Crippen molar-refractivity contribution in [2.45, 2.75) is 37.5 Å². The summed E-state index contributed by atoms with van der Waals surface area (Å²) in [7, 11) is 0. The molecule has 3 nitrogen and oxygen atoms in total. The van der Waals surface area contributed by atoms with Crippen molar-refractivity contribution in [1.29, 1.82) is 0 Å². The highest BCUT2D eigenvalue weighted by molar-refractivity contribution is 7.99. The van der Waals surface area contributed by atoms with Gasteiger partial charge in [-0.2, -0.15) is 11.8 Å². The Hall–Kier alpha value is -0.610. The second-order valence-electron chi connectivity index (χ2n) is 4.32. The van der Waals surface area contributed by atoms with Crippen molar-refractivity contribution in [3.05, 3.63) is 17.4 Å². The number of aromatic nitrogens is 1. The first-order chi connectivity index (χ1) is 8.20. The fraction of sp³-hybridized carbons (Fsp3) is 0.583. The van der Waals surface area contributed by atoms with Crippen LogP contribution in [0.1, 0.15) is 26.2 Å². The number of pyridine rings is 1. The van der Waals surface area contributed by atoms with Gasteiger partial charge in [-0.3, -0.25) is 4.98 Å². The molecule has 0 amide bonds. The molecule has 1 aromatic heterocycles. The Morgan fingerprint density at radius 3 is 3.06 bits per heavy atom. The lowest BCUT2D eigenvalue weighted by atomic mass is 10.2. The highest BCUT2D eigenvalue weighted by Crippen LogP contribution is 2.34. The van der Waals surface area contributed by atoms with Crippen LogP contribution < -0.4 is 11.1 Å². The normalized spacial score (nSPS) is 23.9. The summed E-state index contributed by atoms with van der Waals surface area (Å²) in [5.41, 5.74) is 7.35. The van der Waals surface area contributed by atoms with Crippen molar-refractivity contribution in [1.82, 2.24) is 4.98 Å². The van der Waals surface area contributed by atoms with Gasteiger partial charge in [-0.25, -0.2) is 0 Å². The van der Waals surface area contributed by atoms with Crippen LogP contribution in [0.2, 0.25) is 5.02 Å². The molecule has 0 radical (unpaired) electrons. The number of hydrogen-bond acceptors (Lipinski definition) is 4. The fourth-order valence-corrected chi connectivity index (χ4v) is 3.63. The molecule has 0 saturated heterocycles. The molecule has 3 N–H and O–H groups in total. The number of nitrogens with one attached hydrogen (secondary N) is 1. The Morgan fingerprint density at radius 2 is 2.35 bits per heavy atom. The van der Waals surface area contributed by atoms with Crippen LogP contribution in [0.3, 0.4) is 0 Å². The molecule has 17 heavy (non-hydrogen) atoms. The van der Waals surface area contributed by atoms with E-state index in [1.807, 2.05) is 11.8 Å². The third kappa shape index (κ3) is 3.19. The molecule has 1 saturated carbocycles. The van der Waals surface area contributed by atoms with Gasteiger partial charge in [0.05, 0.1) is 22.6 Å². The molecule has 1 aromatic rings. The van der Waals surface area contributed by atoms with Crippen molar-refractivity contribution < 1.29 is 0 Å². The van der Waals surface area contributed by atoms with Crippen molar-refractivity contribution in [3.63, 3.8) is 0 Å². The Kier molecular flexibility index (Phi) is 4.40. The maximum atomic E-state index is 6.10. The molecule has 94 valence electrons. The van der Waals surface area contributed by atoms with Gasteiger partial charge in [0, 0.05) is 17.5 Å². The van der Waals surface area contributed by atoms with Gasteiger partial charge >= 0.3 is 0 Å². The number of nitrogen functional groups attached to an aromatic ring is 1. The molecule has 0 bridgehead atoms. The molecule has 1 heterocycles. The standard InChI is InChI=1S/C12H18ClN3S/c1-2-17-9-4-3-8(5-9)16-12-10(13)6-15-7-11(12)14/h6-9H,2-5,14H2,1H3,(H,15,16). The Morgan fingerprint density at radius 1 is 1.53 bits per heavy atom. The van der Waals surface area contributed by atoms with E-state index in [0.29, 0.717) is 16.8 Å². The van der Waals surface area contributed by atoms with Gasteiger partial charge in [-0.1, -0.05) is 18.5 Å². The van der Waals surface area contributed by atoms with E-state index in [1.165, 1.54) is 25.0 Å². The van der Waals surface area contributed by atoms with Crippen LogP contribution in [0.15, 0.2) is 12.4 Å². The molecule has 1 aliphatic rings. The molecule has 0 spiro atoms. The predicted molar refractivity (Wildman–Crippen MR) is 76.8 cm³/mol. The lowest BCUT2D eigenvalue weighted by Crippen LogP contribution is -2.17. The highest BCUT2D eigenvalue weighted by atomic mass is 35.5. The zero-order chi connectivity index (χ0) is 12.3. The van der Waals surface area contributed by atoms with E-state index in [0.717, 1.165) is 10.9 Å². The zero-order valence-electron chi connectivity index (χ0n) is 9.95. The van der Waals surface area contributed by atoms with E-state index in [4.69, 9.17) is 17.3 Å². The number of halogens is 1. The summed E-state index contributed by atoms with van der Waals surface area (Å²) in [4.78, 5) is 3.96. The van der Waals surface area contributed by atoms with Crippen LogP contribution in [-0.4, -0.2) is 22.0 Å². The molecule has 1 fully saturated rings. The average molecular weight is 272 g/mol. The Bertz CT molecular complexity index is 366. The molecular weight excluding hydrogens is 254 g/mol. The van der Waals surface area contributed by atoms with Crippen molar-refractivity contribution in [2.24, 2.45) is 0 Å². The average Bonchev–Trinajstić information content (AvgIpc) is 2.72. The van der Waals surface area contributed by atoms with Crippen LogP contribution in [0.25, 0.3) is 0 Å². The summed E-state index contributed by atoms with van der Waals surface area (Å²) in [5.74, 6) is 1.19. The first-order valence-corrected chi connectivity index (χ1v) is 7.40. The van der Waals surface area contributed by atoms with E-state index in [9.17, 15) is 0 Å². The minimum atomic E-state index is 0.487. The molecule has 0 aromatic carbocycles. The van der Waals surface area contributed by atoms with E-state index < -0.39 is 0 Å². The molecule has 2 rings (SSSR count). The SMILES string of the molecule is CCSC1CCC(Nc2c(N)cncc2Cl)C1. The van der Waals surface area contributed by atoms with E-state index in [-0.39, 0.29) is 0 Å². The summed E-state index contributed by atoms with van der Waals surface area (Å²) in [5, 5.41) is 4.84. The highest BCUT2D eigenvalue weighted by Gasteiger charge is 2.25. The van der Waals surface area contributed by atoms with Gasteiger partial charge in [0.2, 0.25) is 0 Å². The smallest absolute Gasteiger partial charge is 0.0841 e. The third-order valence-corrected chi connectivity index (χ3v) is 4.58. The number of anilines is 2. The van der Waals surface area contributed by atoms with E-state index in [2.05, 4.69) is 17.2 Å². The van der Waals surface area contributed by atoms with Crippen LogP contribution >= 0.6 is 23.4 Å². The van der Waals surface area contributed by atoms with Gasteiger partial charge in [0.15, 0.2) is 0 Å².